The first kappa shape index (κ1) is 30.5. The number of rotatable bonds is 16. The molecule has 0 amide bonds. The molecule has 2 aromatic rings. The number of nitrogens with one attached hydrogen (secondary N) is 1. The molecular weight excluding hydrogens is 526 g/mol. The SMILES string of the molecule is CCCCCC(O)c1ccc(NN(CCCc2ccc(C(=O)OCCN3CCOCC3)s2)S(C)(=O)=O)cc1. The molecule has 1 atom stereocenters. The topological polar surface area (TPSA) is 108 Å². The first-order chi connectivity index (χ1) is 18.3. The molecule has 1 aromatic carbocycles. The summed E-state index contributed by atoms with van der Waals surface area (Å²) in [6.45, 7) is 6.58. The summed E-state index contributed by atoms with van der Waals surface area (Å²) in [4.78, 5) is 16.1. The zero-order chi connectivity index (χ0) is 27.4. The lowest BCUT2D eigenvalue weighted by Crippen LogP contribution is -2.38. The Hall–Kier alpha value is -2.02. The van der Waals surface area contributed by atoms with Gasteiger partial charge in [0.25, 0.3) is 0 Å². The Kier molecular flexibility index (Phi) is 12.5. The van der Waals surface area contributed by atoms with E-state index in [9.17, 15) is 18.3 Å². The monoisotopic (exact) mass is 567 g/mol. The van der Waals surface area contributed by atoms with Crippen molar-refractivity contribution in [2.75, 3.05) is 57.7 Å². The Morgan fingerprint density at radius 3 is 2.58 bits per heavy atom. The molecule has 1 aromatic heterocycles. The van der Waals surface area contributed by atoms with Gasteiger partial charge in [-0.15, -0.1) is 15.8 Å². The van der Waals surface area contributed by atoms with Crippen LogP contribution in [0, 0.1) is 0 Å². The van der Waals surface area contributed by atoms with Gasteiger partial charge < -0.3 is 20.0 Å². The van der Waals surface area contributed by atoms with Crippen LogP contribution in [0.2, 0.25) is 0 Å². The van der Waals surface area contributed by atoms with Crippen molar-refractivity contribution in [2.45, 2.75) is 51.6 Å². The summed E-state index contributed by atoms with van der Waals surface area (Å²) in [6, 6.07) is 10.9. The van der Waals surface area contributed by atoms with Gasteiger partial charge in [0.1, 0.15) is 11.5 Å². The largest absolute Gasteiger partial charge is 0.460 e. The number of aliphatic hydroxyl groups is 1. The summed E-state index contributed by atoms with van der Waals surface area (Å²) in [6.07, 6.45) is 5.76. The number of ether oxygens (including phenoxy) is 2. The third-order valence-electron chi connectivity index (χ3n) is 6.42. The van der Waals surface area contributed by atoms with Crippen molar-refractivity contribution in [1.82, 2.24) is 9.31 Å². The second kappa shape index (κ2) is 15.5. The van der Waals surface area contributed by atoms with Crippen LogP contribution in [0.3, 0.4) is 0 Å². The van der Waals surface area contributed by atoms with Gasteiger partial charge in [-0.05, 0) is 49.1 Å². The lowest BCUT2D eigenvalue weighted by molar-refractivity contribution is 0.0197. The maximum atomic E-state index is 12.4. The number of benzene rings is 1. The molecule has 1 fully saturated rings. The number of aryl methyl sites for hydroxylation is 1. The number of hydrogen-bond acceptors (Lipinski definition) is 9. The van der Waals surface area contributed by atoms with Gasteiger partial charge in [0.05, 0.1) is 31.3 Å². The fraction of sp³-hybridized carbons (Fsp3) is 0.593. The van der Waals surface area contributed by atoms with Crippen LogP contribution in [0.25, 0.3) is 0 Å². The van der Waals surface area contributed by atoms with Gasteiger partial charge in [-0.1, -0.05) is 38.3 Å². The molecule has 0 spiro atoms. The van der Waals surface area contributed by atoms with E-state index in [0.29, 0.717) is 56.2 Å². The van der Waals surface area contributed by atoms with Crippen LogP contribution in [-0.4, -0.2) is 81.1 Å². The van der Waals surface area contributed by atoms with Gasteiger partial charge in [-0.25, -0.2) is 13.2 Å². The van der Waals surface area contributed by atoms with Crippen molar-refractivity contribution in [3.05, 3.63) is 51.7 Å². The Balaban J connectivity index is 1.44. The maximum Gasteiger partial charge on any atom is 0.348 e. The average Bonchev–Trinajstić information content (AvgIpc) is 3.38. The van der Waals surface area contributed by atoms with Crippen LogP contribution in [0.4, 0.5) is 5.69 Å². The summed E-state index contributed by atoms with van der Waals surface area (Å²) >= 11 is 1.38. The molecule has 0 saturated carbocycles. The zero-order valence-corrected chi connectivity index (χ0v) is 24.1. The molecule has 1 aliphatic heterocycles. The maximum absolute atomic E-state index is 12.4. The van der Waals surface area contributed by atoms with Crippen LogP contribution in [0.5, 0.6) is 0 Å². The minimum absolute atomic E-state index is 0.275. The minimum Gasteiger partial charge on any atom is -0.460 e. The van der Waals surface area contributed by atoms with Gasteiger partial charge in [0, 0.05) is 31.1 Å². The molecule has 2 N–H and O–H groups in total. The number of esters is 1. The number of hydrogen-bond donors (Lipinski definition) is 2. The first-order valence-corrected chi connectivity index (χ1v) is 16.0. The lowest BCUT2D eigenvalue weighted by Gasteiger charge is -2.26. The van der Waals surface area contributed by atoms with Crippen LogP contribution in [-0.2, 0) is 25.9 Å². The van der Waals surface area contributed by atoms with E-state index < -0.39 is 16.1 Å². The van der Waals surface area contributed by atoms with Crippen molar-refractivity contribution >= 4 is 33.0 Å². The summed E-state index contributed by atoms with van der Waals surface area (Å²) in [5.74, 6) is -0.326. The molecule has 3 rings (SSSR count). The molecule has 11 heteroatoms. The summed E-state index contributed by atoms with van der Waals surface area (Å²) in [5, 5.41) is 10.3. The summed E-state index contributed by atoms with van der Waals surface area (Å²) in [7, 11) is -3.50. The number of carbonyl (C=O) groups is 1. The highest BCUT2D eigenvalue weighted by Crippen LogP contribution is 2.23. The van der Waals surface area contributed by atoms with Gasteiger partial charge in [0.15, 0.2) is 0 Å². The second-order valence-corrected chi connectivity index (χ2v) is 12.6. The standard InChI is InChI=1S/C27H41N3O6S2/c1-3-4-5-8-25(31)22-9-11-23(12-10-22)28-30(38(2,33)34)15-6-7-24-13-14-26(37-24)27(32)36-21-18-29-16-19-35-20-17-29/h9-14,25,28,31H,3-8,15-21H2,1-2H3. The summed E-state index contributed by atoms with van der Waals surface area (Å²) < 4.78 is 36.7. The molecule has 0 bridgehead atoms. The highest BCUT2D eigenvalue weighted by Gasteiger charge is 2.18. The van der Waals surface area contributed by atoms with Crippen molar-refractivity contribution in [2.24, 2.45) is 0 Å². The van der Waals surface area contributed by atoms with Gasteiger partial charge >= 0.3 is 5.97 Å². The number of sulfonamides is 1. The number of thiophene rings is 1. The van der Waals surface area contributed by atoms with Crippen LogP contribution in [0.15, 0.2) is 36.4 Å². The third-order valence-corrected chi connectivity index (χ3v) is 8.62. The van der Waals surface area contributed by atoms with E-state index in [-0.39, 0.29) is 12.5 Å². The van der Waals surface area contributed by atoms with Crippen molar-refractivity contribution in [3.63, 3.8) is 0 Å². The van der Waals surface area contributed by atoms with E-state index >= 15 is 0 Å². The highest BCUT2D eigenvalue weighted by atomic mass is 32.2. The van der Waals surface area contributed by atoms with Crippen molar-refractivity contribution in [1.29, 1.82) is 0 Å². The van der Waals surface area contributed by atoms with E-state index in [2.05, 4.69) is 17.2 Å². The molecule has 1 saturated heterocycles. The lowest BCUT2D eigenvalue weighted by atomic mass is 10.0. The molecule has 9 nitrogen and oxygen atoms in total. The molecule has 212 valence electrons. The van der Waals surface area contributed by atoms with E-state index in [1.165, 1.54) is 22.0 Å². The van der Waals surface area contributed by atoms with E-state index in [4.69, 9.17) is 9.47 Å². The minimum atomic E-state index is -3.50. The molecule has 1 aliphatic rings. The van der Waals surface area contributed by atoms with E-state index in [0.717, 1.165) is 42.8 Å². The molecule has 38 heavy (non-hydrogen) atoms. The van der Waals surface area contributed by atoms with Gasteiger partial charge in [0.2, 0.25) is 10.0 Å². The van der Waals surface area contributed by atoms with Gasteiger partial charge in [-0.3, -0.25) is 4.90 Å². The van der Waals surface area contributed by atoms with Gasteiger partial charge in [-0.2, -0.15) is 0 Å². The second-order valence-electron chi connectivity index (χ2n) is 9.54. The average molecular weight is 568 g/mol. The number of aliphatic hydroxyl groups excluding tert-OH is 1. The zero-order valence-electron chi connectivity index (χ0n) is 22.4. The molecular formula is C27H41N3O6S2. The molecule has 0 aliphatic carbocycles. The molecule has 0 radical (unpaired) electrons. The van der Waals surface area contributed by atoms with Crippen molar-refractivity contribution < 1.29 is 27.8 Å². The predicted molar refractivity (Wildman–Crippen MR) is 151 cm³/mol. The highest BCUT2D eigenvalue weighted by molar-refractivity contribution is 7.88. The van der Waals surface area contributed by atoms with Crippen LogP contribution in [0.1, 0.15) is 65.2 Å². The fourth-order valence-electron chi connectivity index (χ4n) is 4.17. The Labute approximate surface area is 230 Å². The number of unbranched alkanes of at least 4 members (excludes halogenated alkanes) is 2. The Bertz CT molecular complexity index is 1080. The molecule has 1 unspecified atom stereocenters. The number of nitrogens with zero attached hydrogens (tertiary/aromatic N) is 2. The molecule has 2 heterocycles. The number of hydrazine groups is 1. The number of anilines is 1. The smallest absolute Gasteiger partial charge is 0.348 e. The first-order valence-electron chi connectivity index (χ1n) is 13.3. The normalized spacial score (nSPS) is 15.5. The Morgan fingerprint density at radius 1 is 1.16 bits per heavy atom. The quantitative estimate of drug-likeness (QED) is 0.178. The Morgan fingerprint density at radius 2 is 1.89 bits per heavy atom. The van der Waals surface area contributed by atoms with E-state index in [1.807, 2.05) is 18.2 Å². The van der Waals surface area contributed by atoms with Crippen molar-refractivity contribution in [3.8, 4) is 0 Å². The van der Waals surface area contributed by atoms with E-state index in [1.54, 1.807) is 18.2 Å². The predicted octanol–water partition coefficient (Wildman–Crippen LogP) is 4.07. The number of morpholine rings is 1. The fourth-order valence-corrected chi connectivity index (χ4v) is 5.84. The summed E-state index contributed by atoms with van der Waals surface area (Å²) in [5.41, 5.74) is 4.44. The van der Waals surface area contributed by atoms with Crippen LogP contribution < -0.4 is 5.43 Å². The number of carbonyl (C=O) groups excluding carboxylic acids is 1. The third kappa shape index (κ3) is 10.3. The van der Waals surface area contributed by atoms with Crippen LogP contribution >= 0.6 is 11.3 Å².